The second-order valence-electron chi connectivity index (χ2n) is 10.2. The molecule has 2 fully saturated rings. The van der Waals surface area contributed by atoms with Crippen molar-refractivity contribution in [3.8, 4) is 11.4 Å². The molecule has 8 nitrogen and oxygen atoms in total. The van der Waals surface area contributed by atoms with Crippen LogP contribution in [0.5, 0.6) is 0 Å². The molecule has 0 atom stereocenters. The maximum Gasteiger partial charge on any atom is 0.159 e. The fourth-order valence-electron chi connectivity index (χ4n) is 5.44. The zero-order chi connectivity index (χ0) is 25.6. The minimum absolute atomic E-state index is 0.454. The molecule has 37 heavy (non-hydrogen) atoms. The number of piperidine rings is 1. The molecule has 0 bridgehead atoms. The summed E-state index contributed by atoms with van der Waals surface area (Å²) in [6.07, 6.45) is 6.51. The summed E-state index contributed by atoms with van der Waals surface area (Å²) in [7, 11) is 1.78. The third-order valence-electron chi connectivity index (χ3n) is 7.80. The van der Waals surface area contributed by atoms with E-state index >= 15 is 0 Å². The smallest absolute Gasteiger partial charge is 0.159 e. The van der Waals surface area contributed by atoms with E-state index in [1.807, 2.05) is 6.20 Å². The number of benzene rings is 1. The summed E-state index contributed by atoms with van der Waals surface area (Å²) in [6, 6.07) is 9.25. The number of piperazine rings is 1. The van der Waals surface area contributed by atoms with Crippen molar-refractivity contribution in [2.75, 3.05) is 76.3 Å². The summed E-state index contributed by atoms with van der Waals surface area (Å²) < 4.78 is 6.13. The Kier molecular flexibility index (Phi) is 8.97. The molecule has 200 valence electrons. The lowest BCUT2D eigenvalue weighted by Crippen LogP contribution is -2.46. The van der Waals surface area contributed by atoms with E-state index in [9.17, 15) is 0 Å². The molecule has 2 N–H and O–H groups in total. The van der Waals surface area contributed by atoms with Gasteiger partial charge in [-0.15, -0.1) is 0 Å². The number of aromatic amines is 1. The maximum atomic E-state index is 5.17. The van der Waals surface area contributed by atoms with Gasteiger partial charge >= 0.3 is 0 Å². The highest BCUT2D eigenvalue weighted by atomic mass is 79.9. The predicted molar refractivity (Wildman–Crippen MR) is 156 cm³/mol. The van der Waals surface area contributed by atoms with Gasteiger partial charge in [-0.1, -0.05) is 6.92 Å². The Bertz CT molecular complexity index is 1140. The Balaban J connectivity index is 1.23. The number of likely N-dealkylation sites (tertiary alicyclic amines) is 1. The first-order valence-electron chi connectivity index (χ1n) is 13.7. The van der Waals surface area contributed by atoms with Crippen LogP contribution < -0.4 is 10.2 Å². The van der Waals surface area contributed by atoms with E-state index < -0.39 is 0 Å². The molecule has 2 aliphatic rings. The van der Waals surface area contributed by atoms with Crippen molar-refractivity contribution in [1.82, 2.24) is 24.8 Å². The average Bonchev–Trinajstić information content (AvgIpc) is 3.38. The van der Waals surface area contributed by atoms with Gasteiger partial charge in [0.2, 0.25) is 0 Å². The van der Waals surface area contributed by atoms with E-state index in [0.717, 1.165) is 104 Å². The van der Waals surface area contributed by atoms with E-state index in [1.54, 1.807) is 7.11 Å². The van der Waals surface area contributed by atoms with Crippen molar-refractivity contribution in [2.45, 2.75) is 38.6 Å². The number of hydrogen-bond acceptors (Lipinski definition) is 7. The number of halogens is 1. The first-order chi connectivity index (χ1) is 18.1. The Morgan fingerprint density at radius 3 is 2.49 bits per heavy atom. The normalized spacial score (nSPS) is 18.1. The van der Waals surface area contributed by atoms with E-state index in [1.165, 1.54) is 18.7 Å². The van der Waals surface area contributed by atoms with Crippen LogP contribution in [0.2, 0.25) is 0 Å². The molecule has 5 rings (SSSR count). The molecular formula is C28H40BrN7O. The number of hydrogen-bond donors (Lipinski definition) is 2. The third-order valence-corrected chi connectivity index (χ3v) is 8.40. The van der Waals surface area contributed by atoms with Crippen LogP contribution >= 0.6 is 15.9 Å². The number of ether oxygens (including phenoxy) is 1. The van der Waals surface area contributed by atoms with E-state index in [4.69, 9.17) is 9.72 Å². The molecule has 0 unspecified atom stereocenters. The highest BCUT2D eigenvalue weighted by Crippen LogP contribution is 2.33. The number of rotatable bonds is 10. The second kappa shape index (κ2) is 12.6. The van der Waals surface area contributed by atoms with Crippen LogP contribution in [0.4, 0.5) is 11.4 Å². The van der Waals surface area contributed by atoms with Crippen LogP contribution in [-0.4, -0.2) is 96.9 Å². The lowest BCUT2D eigenvalue weighted by Gasteiger charge is -2.36. The van der Waals surface area contributed by atoms with Crippen LogP contribution in [0.1, 0.15) is 32.6 Å². The molecule has 3 aromatic rings. The number of pyridine rings is 1. The van der Waals surface area contributed by atoms with E-state index in [-0.39, 0.29) is 0 Å². The monoisotopic (exact) mass is 569 g/mol. The molecule has 0 spiro atoms. The standard InChI is InChI=1S/C28H40BrN7O/c1-3-34-13-10-22(11-14-34)31-25-24(29)20-30-28-26(25)32-27(33-28)21-6-8-23(9-7-21)36-17-15-35(16-18-36)12-4-5-19-37-2/h6-9,20,22H,3-5,10-19H2,1-2H3,(H2,30,31,32,33). The largest absolute Gasteiger partial charge is 0.385 e. The zero-order valence-corrected chi connectivity index (χ0v) is 23.8. The van der Waals surface area contributed by atoms with Crippen LogP contribution in [0.25, 0.3) is 22.6 Å². The SMILES string of the molecule is CCN1CCC(Nc2c(Br)cnc3[nH]c(-c4ccc(N5CCN(CCCCOC)CC5)cc4)nc23)CC1. The van der Waals surface area contributed by atoms with Crippen molar-refractivity contribution >= 4 is 38.5 Å². The number of methoxy groups -OCH3 is 1. The molecule has 2 aromatic heterocycles. The van der Waals surface area contributed by atoms with Gasteiger partial charge in [-0.05, 0) is 79.0 Å². The number of nitrogens with zero attached hydrogens (tertiary/aromatic N) is 5. The molecule has 2 aliphatic heterocycles. The van der Waals surface area contributed by atoms with Crippen molar-refractivity contribution in [2.24, 2.45) is 0 Å². The number of imidazole rings is 1. The molecule has 9 heteroatoms. The first kappa shape index (κ1) is 26.4. The Hall–Kier alpha value is -2.20. The fourth-order valence-corrected chi connectivity index (χ4v) is 5.85. The van der Waals surface area contributed by atoms with Gasteiger partial charge in [-0.3, -0.25) is 4.90 Å². The summed E-state index contributed by atoms with van der Waals surface area (Å²) in [6.45, 7) is 12.0. The highest BCUT2D eigenvalue weighted by molar-refractivity contribution is 9.10. The lowest BCUT2D eigenvalue weighted by atomic mass is 10.0. The van der Waals surface area contributed by atoms with Crippen LogP contribution in [-0.2, 0) is 4.74 Å². The summed E-state index contributed by atoms with van der Waals surface area (Å²) >= 11 is 3.71. The lowest BCUT2D eigenvalue weighted by molar-refractivity contribution is 0.182. The molecule has 0 radical (unpaired) electrons. The molecule has 1 aromatic carbocycles. The zero-order valence-electron chi connectivity index (χ0n) is 22.2. The van der Waals surface area contributed by atoms with Crippen molar-refractivity contribution in [1.29, 1.82) is 0 Å². The number of nitrogens with one attached hydrogen (secondary N) is 2. The van der Waals surface area contributed by atoms with Crippen LogP contribution in [0.3, 0.4) is 0 Å². The van der Waals surface area contributed by atoms with Gasteiger partial charge in [0.25, 0.3) is 0 Å². The van der Waals surface area contributed by atoms with Gasteiger partial charge in [0.1, 0.15) is 11.3 Å². The van der Waals surface area contributed by atoms with E-state index in [0.29, 0.717) is 6.04 Å². The third kappa shape index (κ3) is 6.45. The van der Waals surface area contributed by atoms with Crippen molar-refractivity contribution in [3.05, 3.63) is 34.9 Å². The van der Waals surface area contributed by atoms with Gasteiger partial charge in [0, 0.05) is 76.5 Å². The predicted octanol–water partition coefficient (Wildman–Crippen LogP) is 4.83. The summed E-state index contributed by atoms with van der Waals surface area (Å²) in [4.78, 5) is 20.6. The van der Waals surface area contributed by atoms with Crippen LogP contribution in [0.15, 0.2) is 34.9 Å². The Labute approximate surface area is 228 Å². The maximum absolute atomic E-state index is 5.17. The minimum Gasteiger partial charge on any atom is -0.385 e. The Morgan fingerprint density at radius 2 is 1.78 bits per heavy atom. The second-order valence-corrected chi connectivity index (χ2v) is 11.0. The Morgan fingerprint density at radius 1 is 1.03 bits per heavy atom. The number of H-pyrrole nitrogens is 1. The average molecular weight is 571 g/mol. The number of aromatic nitrogens is 3. The molecule has 4 heterocycles. The molecule has 0 saturated carbocycles. The molecular weight excluding hydrogens is 530 g/mol. The first-order valence-corrected chi connectivity index (χ1v) is 14.5. The van der Waals surface area contributed by atoms with Gasteiger partial charge in [0.15, 0.2) is 5.65 Å². The van der Waals surface area contributed by atoms with Gasteiger partial charge in [0.05, 0.1) is 10.2 Å². The van der Waals surface area contributed by atoms with E-state index in [2.05, 4.69) is 77.1 Å². The van der Waals surface area contributed by atoms with Crippen LogP contribution in [0, 0.1) is 0 Å². The molecule has 2 saturated heterocycles. The summed E-state index contributed by atoms with van der Waals surface area (Å²) in [5.41, 5.74) is 5.11. The van der Waals surface area contributed by atoms with Gasteiger partial charge in [-0.25, -0.2) is 9.97 Å². The van der Waals surface area contributed by atoms with Crippen molar-refractivity contribution < 1.29 is 4.74 Å². The quantitative estimate of drug-likeness (QED) is 0.339. The summed E-state index contributed by atoms with van der Waals surface area (Å²) in [5.74, 6) is 0.858. The van der Waals surface area contributed by atoms with Gasteiger partial charge in [-0.2, -0.15) is 0 Å². The van der Waals surface area contributed by atoms with Gasteiger partial charge < -0.3 is 24.8 Å². The molecule has 0 aliphatic carbocycles. The topological polar surface area (TPSA) is 72.6 Å². The highest BCUT2D eigenvalue weighted by Gasteiger charge is 2.22. The minimum atomic E-state index is 0.454. The number of unbranched alkanes of at least 4 members (excludes halogenated alkanes) is 1. The summed E-state index contributed by atoms with van der Waals surface area (Å²) in [5, 5.41) is 3.76. The number of fused-ring (bicyclic) bond motifs is 1. The fraction of sp³-hybridized carbons (Fsp3) is 0.571. The molecule has 0 amide bonds. The van der Waals surface area contributed by atoms with Crippen molar-refractivity contribution in [3.63, 3.8) is 0 Å². The number of anilines is 2.